The maximum absolute atomic E-state index is 12.5. The smallest absolute Gasteiger partial charge is 0.303 e. The number of carboxylic acid groups (broad SMARTS) is 1. The molecule has 1 aromatic rings. The van der Waals surface area contributed by atoms with E-state index in [1.54, 1.807) is 13.0 Å². The van der Waals surface area contributed by atoms with Crippen molar-refractivity contribution in [3.8, 4) is 0 Å². The number of nitrogens with one attached hydrogen (secondary N) is 1. The van der Waals surface area contributed by atoms with Crippen LogP contribution in [0.2, 0.25) is 0 Å². The Labute approximate surface area is 147 Å². The second kappa shape index (κ2) is 8.39. The Hall–Kier alpha value is -2.00. The van der Waals surface area contributed by atoms with Crippen LogP contribution in [0.1, 0.15) is 26.2 Å². The Bertz CT molecular complexity index is 700. The molecule has 0 aromatic carbocycles. The van der Waals surface area contributed by atoms with Crippen LogP contribution < -0.4 is 5.32 Å². The molecule has 1 amide bonds. The molecule has 0 saturated carbocycles. The van der Waals surface area contributed by atoms with E-state index < -0.39 is 16.0 Å². The van der Waals surface area contributed by atoms with Crippen LogP contribution in [0.25, 0.3) is 0 Å². The van der Waals surface area contributed by atoms with E-state index in [0.717, 1.165) is 0 Å². The molecule has 1 fully saturated rings. The minimum Gasteiger partial charge on any atom is -0.481 e. The lowest BCUT2D eigenvalue weighted by Crippen LogP contribution is -2.43. The summed E-state index contributed by atoms with van der Waals surface area (Å²) < 4.78 is 26.4. The van der Waals surface area contributed by atoms with Gasteiger partial charge in [0.2, 0.25) is 15.9 Å². The second-order valence-corrected chi connectivity index (χ2v) is 8.25. The van der Waals surface area contributed by atoms with Crippen molar-refractivity contribution in [3.05, 3.63) is 24.5 Å². The van der Waals surface area contributed by atoms with Gasteiger partial charge in [-0.15, -0.1) is 0 Å². The average molecular weight is 369 g/mol. The highest BCUT2D eigenvalue weighted by molar-refractivity contribution is 7.89. The number of sulfonamides is 1. The lowest BCUT2D eigenvalue weighted by atomic mass is 9.97. The van der Waals surface area contributed by atoms with Crippen molar-refractivity contribution in [2.45, 2.75) is 31.1 Å². The standard InChI is InChI=1S/C16H23N3O5S/c1-12(9-15(20)21)10-18-16(22)13-4-7-19(8-5-13)25(23,24)14-3-2-6-17-11-14/h2-3,6,11-13H,4-5,7-10H2,1H3,(H,18,22)(H,20,21). The molecular weight excluding hydrogens is 346 g/mol. The summed E-state index contributed by atoms with van der Waals surface area (Å²) in [6.45, 7) is 2.62. The van der Waals surface area contributed by atoms with E-state index >= 15 is 0 Å². The zero-order valence-corrected chi connectivity index (χ0v) is 14.9. The van der Waals surface area contributed by atoms with Crippen LogP contribution in [0.4, 0.5) is 0 Å². The highest BCUT2D eigenvalue weighted by Gasteiger charge is 2.32. The van der Waals surface area contributed by atoms with E-state index in [9.17, 15) is 18.0 Å². The number of aliphatic carboxylic acids is 1. The number of carboxylic acids is 1. The van der Waals surface area contributed by atoms with Crippen molar-refractivity contribution in [2.24, 2.45) is 11.8 Å². The molecule has 2 rings (SSSR count). The van der Waals surface area contributed by atoms with E-state index in [1.807, 2.05) is 0 Å². The summed E-state index contributed by atoms with van der Waals surface area (Å²) in [4.78, 5) is 26.8. The summed E-state index contributed by atoms with van der Waals surface area (Å²) in [5, 5.41) is 11.5. The molecule has 0 aliphatic carbocycles. The first-order chi connectivity index (χ1) is 11.8. The Kier molecular flexibility index (Phi) is 6.49. The Balaban J connectivity index is 1.85. The van der Waals surface area contributed by atoms with Crippen LogP contribution >= 0.6 is 0 Å². The van der Waals surface area contributed by atoms with Gasteiger partial charge in [0.05, 0.1) is 0 Å². The first kappa shape index (κ1) is 19.3. The van der Waals surface area contributed by atoms with E-state index in [1.165, 1.54) is 22.8 Å². The van der Waals surface area contributed by atoms with E-state index in [4.69, 9.17) is 5.11 Å². The minimum atomic E-state index is -3.58. The number of carbonyl (C=O) groups is 2. The van der Waals surface area contributed by atoms with Gasteiger partial charge < -0.3 is 10.4 Å². The average Bonchev–Trinajstić information content (AvgIpc) is 2.60. The number of nitrogens with zero attached hydrogens (tertiary/aromatic N) is 2. The fraction of sp³-hybridized carbons (Fsp3) is 0.562. The number of hydrogen-bond acceptors (Lipinski definition) is 5. The third kappa shape index (κ3) is 5.23. The summed E-state index contributed by atoms with van der Waals surface area (Å²) in [6.07, 6.45) is 3.72. The predicted molar refractivity (Wildman–Crippen MR) is 90.1 cm³/mol. The lowest BCUT2D eigenvalue weighted by molar-refractivity contribution is -0.138. The summed E-state index contributed by atoms with van der Waals surface area (Å²) in [7, 11) is -3.58. The second-order valence-electron chi connectivity index (χ2n) is 6.32. The molecular formula is C16H23N3O5S. The minimum absolute atomic E-state index is 0.00206. The number of rotatable bonds is 7. The van der Waals surface area contributed by atoms with E-state index in [2.05, 4.69) is 10.3 Å². The number of pyridine rings is 1. The fourth-order valence-electron chi connectivity index (χ4n) is 2.80. The van der Waals surface area contributed by atoms with Gasteiger partial charge in [0.15, 0.2) is 0 Å². The van der Waals surface area contributed by atoms with Crippen molar-refractivity contribution < 1.29 is 23.1 Å². The number of piperidine rings is 1. The topological polar surface area (TPSA) is 117 Å². The molecule has 1 aliphatic rings. The van der Waals surface area contributed by atoms with Crippen LogP contribution in [0.5, 0.6) is 0 Å². The molecule has 2 N–H and O–H groups in total. The Morgan fingerprint density at radius 1 is 1.40 bits per heavy atom. The third-order valence-corrected chi connectivity index (χ3v) is 6.13. The van der Waals surface area contributed by atoms with Crippen molar-refractivity contribution >= 4 is 21.9 Å². The first-order valence-corrected chi connectivity index (χ1v) is 9.64. The van der Waals surface area contributed by atoms with Crippen LogP contribution in [0.3, 0.4) is 0 Å². The quantitative estimate of drug-likeness (QED) is 0.731. The van der Waals surface area contributed by atoms with Gasteiger partial charge in [-0.1, -0.05) is 6.92 Å². The molecule has 1 atom stereocenters. The molecule has 8 nitrogen and oxygen atoms in total. The van der Waals surface area contributed by atoms with Gasteiger partial charge in [0.25, 0.3) is 0 Å². The molecule has 25 heavy (non-hydrogen) atoms. The van der Waals surface area contributed by atoms with Gasteiger partial charge in [0.1, 0.15) is 4.90 Å². The van der Waals surface area contributed by atoms with Gasteiger partial charge in [-0.25, -0.2) is 8.42 Å². The maximum Gasteiger partial charge on any atom is 0.303 e. The molecule has 1 saturated heterocycles. The third-order valence-electron chi connectivity index (χ3n) is 4.24. The molecule has 138 valence electrons. The first-order valence-electron chi connectivity index (χ1n) is 8.20. The van der Waals surface area contributed by atoms with Crippen molar-refractivity contribution in [2.75, 3.05) is 19.6 Å². The summed E-state index contributed by atoms with van der Waals surface area (Å²) in [5.41, 5.74) is 0. The molecule has 0 spiro atoms. The summed E-state index contributed by atoms with van der Waals surface area (Å²) in [5.74, 6) is -1.43. The number of hydrogen-bond donors (Lipinski definition) is 2. The largest absolute Gasteiger partial charge is 0.481 e. The number of aromatic nitrogens is 1. The molecule has 1 aromatic heterocycles. The zero-order valence-electron chi connectivity index (χ0n) is 14.1. The molecule has 1 aliphatic heterocycles. The van der Waals surface area contributed by atoms with Crippen molar-refractivity contribution in [1.82, 2.24) is 14.6 Å². The fourth-order valence-corrected chi connectivity index (χ4v) is 4.23. The monoisotopic (exact) mass is 369 g/mol. The van der Waals surface area contributed by atoms with Gasteiger partial charge in [-0.05, 0) is 30.9 Å². The van der Waals surface area contributed by atoms with Crippen LogP contribution in [0.15, 0.2) is 29.4 Å². The Morgan fingerprint density at radius 3 is 2.64 bits per heavy atom. The van der Waals surface area contributed by atoms with Gasteiger partial charge >= 0.3 is 5.97 Å². The zero-order chi connectivity index (χ0) is 18.4. The SMILES string of the molecule is CC(CNC(=O)C1CCN(S(=O)(=O)c2cccnc2)CC1)CC(=O)O. The summed E-state index contributed by atoms with van der Waals surface area (Å²) in [6, 6.07) is 3.08. The number of carbonyl (C=O) groups excluding carboxylic acids is 1. The number of amides is 1. The highest BCUT2D eigenvalue weighted by atomic mass is 32.2. The molecule has 0 radical (unpaired) electrons. The van der Waals surface area contributed by atoms with Crippen LogP contribution in [-0.2, 0) is 19.6 Å². The normalized spacial score (nSPS) is 17.8. The van der Waals surface area contributed by atoms with E-state index in [-0.39, 0.29) is 42.1 Å². The van der Waals surface area contributed by atoms with Crippen molar-refractivity contribution in [1.29, 1.82) is 0 Å². The molecule has 2 heterocycles. The van der Waals surface area contributed by atoms with Crippen molar-refractivity contribution in [3.63, 3.8) is 0 Å². The molecule has 0 bridgehead atoms. The van der Waals surface area contributed by atoms with E-state index in [0.29, 0.717) is 19.4 Å². The van der Waals surface area contributed by atoms with Gasteiger partial charge in [0, 0.05) is 44.4 Å². The highest BCUT2D eigenvalue weighted by Crippen LogP contribution is 2.23. The van der Waals surface area contributed by atoms with Crippen LogP contribution in [0, 0.1) is 11.8 Å². The maximum atomic E-state index is 12.5. The predicted octanol–water partition coefficient (Wildman–Crippen LogP) is 0.709. The lowest BCUT2D eigenvalue weighted by Gasteiger charge is -2.30. The molecule has 1 unspecified atom stereocenters. The Morgan fingerprint density at radius 2 is 2.08 bits per heavy atom. The van der Waals surface area contributed by atoms with Crippen LogP contribution in [-0.4, -0.2) is 54.3 Å². The summed E-state index contributed by atoms with van der Waals surface area (Å²) >= 11 is 0. The van der Waals surface area contributed by atoms with Gasteiger partial charge in [-0.2, -0.15) is 4.31 Å². The molecule has 9 heteroatoms. The van der Waals surface area contributed by atoms with Gasteiger partial charge in [-0.3, -0.25) is 14.6 Å².